The largest absolute Gasteiger partial charge is 0.374 e. The van der Waals surface area contributed by atoms with Crippen molar-refractivity contribution in [3.63, 3.8) is 0 Å². The lowest BCUT2D eigenvalue weighted by Crippen LogP contribution is -2.60. The van der Waals surface area contributed by atoms with Gasteiger partial charge in [-0.2, -0.15) is 0 Å². The molecular formula is C25H37NO. The first-order valence-corrected chi connectivity index (χ1v) is 11.1. The van der Waals surface area contributed by atoms with E-state index in [2.05, 4.69) is 62.1 Å². The van der Waals surface area contributed by atoms with Crippen LogP contribution in [-0.4, -0.2) is 28.3 Å². The highest BCUT2D eigenvalue weighted by Crippen LogP contribution is 2.52. The van der Waals surface area contributed by atoms with E-state index in [-0.39, 0.29) is 17.2 Å². The second-order valence-electron chi connectivity index (χ2n) is 9.88. The van der Waals surface area contributed by atoms with Crippen LogP contribution < -0.4 is 0 Å². The van der Waals surface area contributed by atoms with Gasteiger partial charge < -0.3 is 5.11 Å². The maximum absolute atomic E-state index is 11.0. The standard InChI is InChI=1S/C25H37NO/c1-19(2)25(22-10-5-4-6-11-22)16-14-24(15-17-25)13-12-20(3)23(27)26(24)18-21-8-7-9-21/h4-6,10-12,19,21,23,27H,7-9,13-18H2,1-3H3. The second-order valence-corrected chi connectivity index (χ2v) is 9.88. The molecule has 3 aliphatic rings. The Morgan fingerprint density at radius 3 is 2.30 bits per heavy atom. The van der Waals surface area contributed by atoms with E-state index in [4.69, 9.17) is 0 Å². The van der Waals surface area contributed by atoms with Crippen molar-refractivity contribution < 1.29 is 5.11 Å². The fourth-order valence-electron chi connectivity index (χ4n) is 5.95. The van der Waals surface area contributed by atoms with E-state index >= 15 is 0 Å². The molecular weight excluding hydrogens is 330 g/mol. The molecule has 148 valence electrons. The normalized spacial score (nSPS) is 35.3. The van der Waals surface area contributed by atoms with E-state index in [1.165, 1.54) is 50.5 Å². The average molecular weight is 368 g/mol. The monoisotopic (exact) mass is 367 g/mol. The van der Waals surface area contributed by atoms with Crippen molar-refractivity contribution in [1.82, 2.24) is 4.90 Å². The quantitative estimate of drug-likeness (QED) is 0.694. The van der Waals surface area contributed by atoms with Gasteiger partial charge in [0.1, 0.15) is 6.23 Å². The van der Waals surface area contributed by atoms with Gasteiger partial charge in [0, 0.05) is 12.1 Å². The van der Waals surface area contributed by atoms with Crippen LogP contribution in [-0.2, 0) is 5.41 Å². The molecule has 0 saturated heterocycles. The Hall–Kier alpha value is -1.12. The third kappa shape index (κ3) is 3.29. The molecule has 1 aromatic rings. The highest BCUT2D eigenvalue weighted by molar-refractivity contribution is 5.29. The molecule has 1 heterocycles. The van der Waals surface area contributed by atoms with E-state index in [1.54, 1.807) is 0 Å². The molecule has 1 aromatic carbocycles. The average Bonchev–Trinajstić information content (AvgIpc) is 2.65. The summed E-state index contributed by atoms with van der Waals surface area (Å²) in [6.07, 6.45) is 12.0. The van der Waals surface area contributed by atoms with Gasteiger partial charge in [-0.25, -0.2) is 0 Å². The minimum Gasteiger partial charge on any atom is -0.374 e. The zero-order valence-electron chi connectivity index (χ0n) is 17.5. The Labute approximate surface area is 165 Å². The van der Waals surface area contributed by atoms with Gasteiger partial charge in [0.25, 0.3) is 0 Å². The molecule has 0 aromatic heterocycles. The van der Waals surface area contributed by atoms with Crippen LogP contribution in [0.5, 0.6) is 0 Å². The molecule has 4 rings (SSSR count). The third-order valence-corrected chi connectivity index (χ3v) is 8.32. The summed E-state index contributed by atoms with van der Waals surface area (Å²) in [4.78, 5) is 2.52. The number of aliphatic hydroxyl groups excluding tert-OH is 1. The fourth-order valence-corrected chi connectivity index (χ4v) is 5.95. The Kier molecular flexibility index (Phi) is 5.24. The van der Waals surface area contributed by atoms with Gasteiger partial charge in [0.2, 0.25) is 0 Å². The Bertz CT molecular complexity index is 665. The van der Waals surface area contributed by atoms with Gasteiger partial charge in [0.05, 0.1) is 0 Å². The predicted molar refractivity (Wildman–Crippen MR) is 113 cm³/mol. The summed E-state index contributed by atoms with van der Waals surface area (Å²) in [6, 6.07) is 11.2. The van der Waals surface area contributed by atoms with Gasteiger partial charge >= 0.3 is 0 Å². The van der Waals surface area contributed by atoms with Crippen molar-refractivity contribution >= 4 is 0 Å². The Morgan fingerprint density at radius 1 is 1.07 bits per heavy atom. The molecule has 1 N–H and O–H groups in total. The van der Waals surface area contributed by atoms with Gasteiger partial charge in [0.15, 0.2) is 0 Å². The lowest BCUT2D eigenvalue weighted by molar-refractivity contribution is -0.0957. The third-order valence-electron chi connectivity index (χ3n) is 8.32. The Morgan fingerprint density at radius 2 is 1.74 bits per heavy atom. The molecule has 0 amide bonds. The van der Waals surface area contributed by atoms with Crippen molar-refractivity contribution in [2.24, 2.45) is 11.8 Å². The lowest BCUT2D eigenvalue weighted by Gasteiger charge is -2.57. The predicted octanol–water partition coefficient (Wildman–Crippen LogP) is 5.66. The molecule has 0 radical (unpaired) electrons. The molecule has 2 heteroatoms. The first-order chi connectivity index (χ1) is 13.0. The van der Waals surface area contributed by atoms with E-state index in [0.717, 1.165) is 24.5 Å². The maximum Gasteiger partial charge on any atom is 0.129 e. The van der Waals surface area contributed by atoms with Crippen molar-refractivity contribution in [2.45, 2.75) is 89.3 Å². The molecule has 1 atom stereocenters. The number of benzene rings is 1. The molecule has 2 saturated carbocycles. The minimum absolute atomic E-state index is 0.168. The molecule has 2 aliphatic carbocycles. The van der Waals surface area contributed by atoms with E-state index < -0.39 is 0 Å². The highest BCUT2D eigenvalue weighted by Gasteiger charge is 2.50. The first kappa shape index (κ1) is 19.2. The van der Waals surface area contributed by atoms with Crippen molar-refractivity contribution in [1.29, 1.82) is 0 Å². The molecule has 27 heavy (non-hydrogen) atoms. The summed E-state index contributed by atoms with van der Waals surface area (Å²) >= 11 is 0. The van der Waals surface area contributed by atoms with Crippen LogP contribution in [0.2, 0.25) is 0 Å². The zero-order valence-corrected chi connectivity index (χ0v) is 17.5. The number of hydrogen-bond acceptors (Lipinski definition) is 2. The lowest BCUT2D eigenvalue weighted by atomic mass is 9.58. The number of aliphatic hydroxyl groups is 1. The molecule has 0 bridgehead atoms. The van der Waals surface area contributed by atoms with Crippen LogP contribution in [0.15, 0.2) is 42.0 Å². The summed E-state index contributed by atoms with van der Waals surface area (Å²) in [5.41, 5.74) is 3.13. The van der Waals surface area contributed by atoms with E-state index in [9.17, 15) is 5.11 Å². The van der Waals surface area contributed by atoms with E-state index in [0.29, 0.717) is 5.92 Å². The number of nitrogens with zero attached hydrogens (tertiary/aromatic N) is 1. The molecule has 2 nitrogen and oxygen atoms in total. The molecule has 1 aliphatic heterocycles. The summed E-state index contributed by atoms with van der Waals surface area (Å²) in [5, 5.41) is 11.0. The van der Waals surface area contributed by atoms with Crippen LogP contribution in [0.1, 0.15) is 77.7 Å². The maximum atomic E-state index is 11.0. The summed E-state index contributed by atoms with van der Waals surface area (Å²) in [5.74, 6) is 1.44. The molecule has 1 unspecified atom stereocenters. The molecule has 1 spiro atoms. The number of hydrogen-bond donors (Lipinski definition) is 1. The SMILES string of the molecule is CC1=CCC2(CCC(c3ccccc3)(C(C)C)CC2)N(CC2CCC2)C1O. The van der Waals surface area contributed by atoms with Crippen LogP contribution in [0.25, 0.3) is 0 Å². The van der Waals surface area contributed by atoms with Gasteiger partial charge in [-0.15, -0.1) is 0 Å². The number of rotatable bonds is 4. The second kappa shape index (κ2) is 7.37. The van der Waals surface area contributed by atoms with Crippen molar-refractivity contribution in [2.75, 3.05) is 6.54 Å². The van der Waals surface area contributed by atoms with Crippen LogP contribution >= 0.6 is 0 Å². The summed E-state index contributed by atoms with van der Waals surface area (Å²) in [7, 11) is 0. The van der Waals surface area contributed by atoms with Crippen LogP contribution in [0, 0.1) is 11.8 Å². The Balaban J connectivity index is 1.59. The molecule has 2 fully saturated rings. The fraction of sp³-hybridized carbons (Fsp3) is 0.680. The van der Waals surface area contributed by atoms with Gasteiger partial charge in [-0.05, 0) is 80.3 Å². The van der Waals surface area contributed by atoms with Gasteiger partial charge in [-0.3, -0.25) is 4.90 Å². The van der Waals surface area contributed by atoms with Crippen LogP contribution in [0.3, 0.4) is 0 Å². The van der Waals surface area contributed by atoms with Crippen LogP contribution in [0.4, 0.5) is 0 Å². The summed E-state index contributed by atoms with van der Waals surface area (Å²) in [6.45, 7) is 8.00. The topological polar surface area (TPSA) is 23.5 Å². The smallest absolute Gasteiger partial charge is 0.129 e. The zero-order chi connectivity index (χ0) is 19.1. The van der Waals surface area contributed by atoms with Crippen molar-refractivity contribution in [3.05, 3.63) is 47.5 Å². The first-order valence-electron chi connectivity index (χ1n) is 11.1. The van der Waals surface area contributed by atoms with Gasteiger partial charge in [-0.1, -0.05) is 56.7 Å². The van der Waals surface area contributed by atoms with E-state index in [1.807, 2.05) is 0 Å². The highest BCUT2D eigenvalue weighted by atomic mass is 16.3. The summed E-state index contributed by atoms with van der Waals surface area (Å²) < 4.78 is 0. The van der Waals surface area contributed by atoms with Crippen molar-refractivity contribution in [3.8, 4) is 0 Å². The minimum atomic E-state index is -0.373.